The van der Waals surface area contributed by atoms with Gasteiger partial charge in [-0.3, -0.25) is 9.59 Å². The zero-order chi connectivity index (χ0) is 33.8. The maximum absolute atomic E-state index is 15.4. The molecule has 1 saturated carbocycles. The molecule has 2 bridgehead atoms. The SMILES string of the molecule is CCCCC[C@H]1O[C@H]2C3=C(C(=O)[C@@H]4O[C@@]45C[C@H](O)C(C)(C)O[C@@H]35)C1[C@H]1[C@@H](CCCCC)OC=C3[C@@H]4OC(C)(C)[C@@H](O)C[C@@]45O[C@H]5C(=O)[C@]321. The Balaban J connectivity index is 1.25. The highest BCUT2D eigenvalue weighted by molar-refractivity contribution is 6.07. The molecule has 3 spiro atoms. The number of rotatable bonds is 8. The molecule has 10 heteroatoms. The number of hydrogen-bond donors (Lipinski definition) is 2. The molecule has 6 fully saturated rings. The van der Waals surface area contributed by atoms with Gasteiger partial charge in [0.25, 0.3) is 0 Å². The molecule has 48 heavy (non-hydrogen) atoms. The van der Waals surface area contributed by atoms with E-state index in [0.29, 0.717) is 11.1 Å². The summed E-state index contributed by atoms with van der Waals surface area (Å²) in [5.41, 5.74) is -2.75. The van der Waals surface area contributed by atoms with Gasteiger partial charge in [-0.25, -0.2) is 0 Å². The van der Waals surface area contributed by atoms with E-state index in [2.05, 4.69) is 13.8 Å². The first-order valence-electron chi connectivity index (χ1n) is 18.7. The fraction of sp³-hybridized carbons (Fsp3) is 0.842. The third kappa shape index (κ3) is 3.84. The lowest BCUT2D eigenvalue weighted by molar-refractivity contribution is -0.246. The van der Waals surface area contributed by atoms with Crippen LogP contribution in [0.5, 0.6) is 0 Å². The van der Waals surface area contributed by atoms with Crippen molar-refractivity contribution in [3.05, 3.63) is 23.0 Å². The van der Waals surface area contributed by atoms with Gasteiger partial charge >= 0.3 is 0 Å². The van der Waals surface area contributed by atoms with Gasteiger partial charge in [0.05, 0.1) is 47.3 Å². The lowest BCUT2D eigenvalue weighted by atomic mass is 9.43. The van der Waals surface area contributed by atoms with Gasteiger partial charge in [-0.2, -0.15) is 0 Å². The number of fused-ring (bicyclic) bond motifs is 2. The van der Waals surface area contributed by atoms with Crippen LogP contribution in [0.3, 0.4) is 0 Å². The molecule has 2 N–H and O–H groups in total. The molecule has 7 aliphatic heterocycles. The molecule has 10 nitrogen and oxygen atoms in total. The van der Waals surface area contributed by atoms with E-state index in [9.17, 15) is 15.0 Å². The summed E-state index contributed by atoms with van der Waals surface area (Å²) in [6.45, 7) is 11.9. The first-order chi connectivity index (χ1) is 22.8. The predicted molar refractivity (Wildman–Crippen MR) is 171 cm³/mol. The fourth-order valence-corrected chi connectivity index (χ4v) is 11.2. The number of aliphatic hydroxyl groups excluding tert-OH is 2. The Bertz CT molecular complexity index is 1500. The van der Waals surface area contributed by atoms with E-state index in [4.69, 9.17) is 28.4 Å². The summed E-state index contributed by atoms with van der Waals surface area (Å²) in [4.78, 5) is 30.1. The van der Waals surface area contributed by atoms with Crippen LogP contribution in [0, 0.1) is 17.3 Å². The summed E-state index contributed by atoms with van der Waals surface area (Å²) >= 11 is 0. The lowest BCUT2D eigenvalue weighted by Gasteiger charge is -2.66. The monoisotopic (exact) mass is 668 g/mol. The van der Waals surface area contributed by atoms with Crippen LogP contribution in [0.15, 0.2) is 23.0 Å². The number of carbonyl (C=O) groups excluding carboxylic acids is 2. The van der Waals surface area contributed by atoms with Crippen LogP contribution < -0.4 is 0 Å². The maximum Gasteiger partial charge on any atom is 0.191 e. The molecular weight excluding hydrogens is 616 g/mol. The zero-order valence-electron chi connectivity index (χ0n) is 29.2. The van der Waals surface area contributed by atoms with E-state index in [1.54, 1.807) is 6.26 Å². The largest absolute Gasteiger partial charge is 0.498 e. The van der Waals surface area contributed by atoms with Crippen molar-refractivity contribution in [3.8, 4) is 0 Å². The minimum Gasteiger partial charge on any atom is -0.498 e. The molecule has 264 valence electrons. The first-order valence-corrected chi connectivity index (χ1v) is 18.7. The fourth-order valence-electron chi connectivity index (χ4n) is 11.2. The molecule has 5 saturated heterocycles. The highest BCUT2D eigenvalue weighted by Crippen LogP contribution is 2.73. The molecular formula is C38H52O10. The highest BCUT2D eigenvalue weighted by atomic mass is 16.7. The van der Waals surface area contributed by atoms with E-state index in [-0.39, 0.29) is 42.5 Å². The van der Waals surface area contributed by atoms with Gasteiger partial charge in [0.15, 0.2) is 17.7 Å². The summed E-state index contributed by atoms with van der Waals surface area (Å²) in [6.07, 6.45) is 4.29. The molecule has 0 amide bonds. The van der Waals surface area contributed by atoms with E-state index in [1.165, 1.54) is 0 Å². The number of ketones is 2. The first kappa shape index (κ1) is 32.3. The van der Waals surface area contributed by atoms with Crippen molar-refractivity contribution in [1.29, 1.82) is 0 Å². The van der Waals surface area contributed by atoms with Crippen molar-refractivity contribution in [2.45, 2.75) is 183 Å². The summed E-state index contributed by atoms with van der Waals surface area (Å²) in [6, 6.07) is 0. The van der Waals surface area contributed by atoms with Crippen molar-refractivity contribution in [1.82, 2.24) is 0 Å². The quantitative estimate of drug-likeness (QED) is 0.288. The Labute approximate surface area is 282 Å². The van der Waals surface area contributed by atoms with Crippen molar-refractivity contribution >= 4 is 11.6 Å². The molecule has 14 atom stereocenters. The number of hydrogen-bond acceptors (Lipinski definition) is 10. The normalized spacial score (nSPS) is 51.2. The summed E-state index contributed by atoms with van der Waals surface area (Å²) in [5, 5.41) is 22.3. The van der Waals surface area contributed by atoms with Gasteiger partial charge in [0.2, 0.25) is 0 Å². The highest BCUT2D eigenvalue weighted by Gasteiger charge is 2.86. The summed E-state index contributed by atoms with van der Waals surface area (Å²) in [7, 11) is 0. The van der Waals surface area contributed by atoms with Crippen molar-refractivity contribution < 1.29 is 48.2 Å². The second kappa shape index (κ2) is 10.2. The Morgan fingerprint density at radius 3 is 1.96 bits per heavy atom. The van der Waals surface area contributed by atoms with Crippen LogP contribution >= 0.6 is 0 Å². The number of Topliss-reactive ketones (excluding diaryl/α,β-unsaturated/α-hetero) is 2. The number of unbranched alkanes of at least 4 members (excludes halogenated alkanes) is 4. The van der Waals surface area contributed by atoms with Crippen LogP contribution in [0.25, 0.3) is 0 Å². The third-order valence-corrected chi connectivity index (χ3v) is 13.9. The summed E-state index contributed by atoms with van der Waals surface area (Å²) < 4.78 is 40.3. The number of epoxide rings is 2. The van der Waals surface area contributed by atoms with Gasteiger partial charge in [0.1, 0.15) is 35.6 Å². The van der Waals surface area contributed by atoms with Crippen molar-refractivity contribution in [2.24, 2.45) is 17.3 Å². The van der Waals surface area contributed by atoms with Crippen LogP contribution in [0.1, 0.15) is 106 Å². The smallest absolute Gasteiger partial charge is 0.191 e. The predicted octanol–water partition coefficient (Wildman–Crippen LogP) is 4.02. The van der Waals surface area contributed by atoms with Crippen LogP contribution in [-0.4, -0.2) is 99.1 Å². The van der Waals surface area contributed by atoms with E-state index < -0.39 is 76.5 Å². The van der Waals surface area contributed by atoms with Crippen LogP contribution in [0.4, 0.5) is 0 Å². The Kier molecular flexibility index (Phi) is 6.88. The van der Waals surface area contributed by atoms with Gasteiger partial charge in [-0.15, -0.1) is 0 Å². The number of aliphatic hydroxyl groups is 2. The average molecular weight is 669 g/mol. The molecule has 0 aromatic heterocycles. The average Bonchev–Trinajstić information content (AvgIpc) is 3.95. The second-order valence-electron chi connectivity index (χ2n) is 17.4. The molecule has 10 aliphatic rings. The molecule has 7 heterocycles. The molecule has 0 radical (unpaired) electrons. The van der Waals surface area contributed by atoms with E-state index >= 15 is 4.79 Å². The van der Waals surface area contributed by atoms with Gasteiger partial charge in [0, 0.05) is 35.8 Å². The van der Waals surface area contributed by atoms with Crippen LogP contribution in [-0.2, 0) is 38.0 Å². The molecule has 0 aromatic carbocycles. The minimum absolute atomic E-state index is 0.0488. The maximum atomic E-state index is 15.4. The van der Waals surface area contributed by atoms with Gasteiger partial charge < -0.3 is 38.6 Å². The molecule has 1 unspecified atom stereocenters. The van der Waals surface area contributed by atoms with E-state index in [0.717, 1.165) is 56.9 Å². The second-order valence-corrected chi connectivity index (χ2v) is 17.4. The van der Waals surface area contributed by atoms with Gasteiger partial charge in [-0.05, 0) is 52.5 Å². The Hall–Kier alpha value is -1.66. The van der Waals surface area contributed by atoms with Crippen molar-refractivity contribution in [3.63, 3.8) is 0 Å². The Morgan fingerprint density at radius 1 is 0.729 bits per heavy atom. The standard InChI is InChI=1S/C38H52O10/c1-7-9-11-13-19-23-24-25(30-37(32(47-37)27(24)41)16-22(40)35(5,6)46-30)31(44-19)38-18(17-43-20(26(23)38)14-12-10-8-2)29-36(33(48-36)28(38)42)15-21(39)34(3,4)45-29/h17,19-23,26,29-33,39-40H,7-16H2,1-6H3/t19-,20-,21+,22+,23?,26-,29+,30+,31+,32+,33+,36-,37-,38-/m1/s1. The lowest BCUT2D eigenvalue weighted by Crippen LogP contribution is -2.76. The molecule has 3 aliphatic carbocycles. The van der Waals surface area contributed by atoms with Crippen LogP contribution in [0.2, 0.25) is 0 Å². The minimum atomic E-state index is -1.19. The van der Waals surface area contributed by atoms with Gasteiger partial charge in [-0.1, -0.05) is 46.0 Å². The topological polar surface area (TPSA) is 137 Å². The summed E-state index contributed by atoms with van der Waals surface area (Å²) in [5.74, 6) is -0.863. The Morgan fingerprint density at radius 2 is 1.31 bits per heavy atom. The van der Waals surface area contributed by atoms with E-state index in [1.807, 2.05) is 27.7 Å². The zero-order valence-corrected chi connectivity index (χ0v) is 29.2. The van der Waals surface area contributed by atoms with Crippen molar-refractivity contribution in [2.75, 3.05) is 0 Å². The third-order valence-electron chi connectivity index (χ3n) is 13.9. The molecule has 10 rings (SSSR count). The number of ether oxygens (including phenoxy) is 6. The molecule has 0 aromatic rings. The number of carbonyl (C=O) groups is 2.